The van der Waals surface area contributed by atoms with E-state index < -0.39 is 5.41 Å². The van der Waals surface area contributed by atoms with E-state index in [1.807, 2.05) is 41.3 Å². The number of amides is 1. The number of benzene rings is 2. The Labute approximate surface area is 174 Å². The molecule has 0 spiro atoms. The fourth-order valence-electron chi connectivity index (χ4n) is 4.22. The molecule has 0 aliphatic carbocycles. The highest BCUT2D eigenvalue weighted by Crippen LogP contribution is 2.39. The monoisotopic (exact) mass is 402 g/mol. The lowest BCUT2D eigenvalue weighted by molar-refractivity contribution is -0.138. The molecular formula is C23H31ClN2O2. The van der Waals surface area contributed by atoms with Gasteiger partial charge in [0.25, 0.3) is 0 Å². The number of nitrogens with zero attached hydrogens (tertiary/aromatic N) is 2. The Morgan fingerprint density at radius 2 is 1.43 bits per heavy atom. The van der Waals surface area contributed by atoms with Crippen LogP contribution in [0.2, 0.25) is 0 Å². The molecule has 1 N–H and O–H groups in total. The van der Waals surface area contributed by atoms with Crippen molar-refractivity contribution in [1.29, 1.82) is 0 Å². The van der Waals surface area contributed by atoms with E-state index in [4.69, 9.17) is 5.11 Å². The molecular weight excluding hydrogens is 372 g/mol. The first kappa shape index (κ1) is 22.4. The Hall–Kier alpha value is -1.88. The predicted octanol–water partition coefficient (Wildman–Crippen LogP) is 3.33. The molecule has 3 rings (SSSR count). The number of piperazine rings is 1. The molecule has 152 valence electrons. The number of aliphatic hydroxyl groups is 1. The van der Waals surface area contributed by atoms with E-state index in [0.29, 0.717) is 19.6 Å². The van der Waals surface area contributed by atoms with E-state index in [-0.39, 0.29) is 24.9 Å². The Morgan fingerprint density at radius 3 is 1.86 bits per heavy atom. The van der Waals surface area contributed by atoms with Gasteiger partial charge in [-0.3, -0.25) is 9.69 Å². The minimum atomic E-state index is -0.642. The third-order valence-electron chi connectivity index (χ3n) is 5.60. The van der Waals surface area contributed by atoms with E-state index in [1.54, 1.807) is 0 Å². The summed E-state index contributed by atoms with van der Waals surface area (Å²) in [7, 11) is 0. The van der Waals surface area contributed by atoms with Crippen LogP contribution in [0.3, 0.4) is 0 Å². The van der Waals surface area contributed by atoms with Crippen molar-refractivity contribution in [2.75, 3.05) is 39.3 Å². The lowest BCUT2D eigenvalue weighted by Crippen LogP contribution is -2.55. The molecule has 5 heteroatoms. The van der Waals surface area contributed by atoms with E-state index in [9.17, 15) is 4.79 Å². The molecule has 1 amide bonds. The minimum Gasteiger partial charge on any atom is -0.395 e. The first-order valence-electron chi connectivity index (χ1n) is 9.96. The van der Waals surface area contributed by atoms with Crippen LogP contribution in [0, 0.1) is 0 Å². The molecule has 0 aromatic heterocycles. The summed E-state index contributed by atoms with van der Waals surface area (Å²) < 4.78 is 0. The van der Waals surface area contributed by atoms with Crippen LogP contribution in [-0.4, -0.2) is 60.1 Å². The van der Waals surface area contributed by atoms with Gasteiger partial charge in [0.15, 0.2) is 0 Å². The number of carbonyl (C=O) groups excluding carboxylic acids is 1. The van der Waals surface area contributed by atoms with Crippen molar-refractivity contribution in [1.82, 2.24) is 9.80 Å². The molecule has 1 saturated heterocycles. The van der Waals surface area contributed by atoms with E-state index in [2.05, 4.69) is 36.1 Å². The number of rotatable bonds is 7. The second kappa shape index (κ2) is 10.6. The Balaban J connectivity index is 0.00000280. The normalized spacial score (nSPS) is 15.1. The number of carbonyl (C=O) groups is 1. The minimum absolute atomic E-state index is 0. The second-order valence-electron chi connectivity index (χ2n) is 7.24. The largest absolute Gasteiger partial charge is 0.395 e. The molecule has 1 heterocycles. The van der Waals surface area contributed by atoms with E-state index in [1.165, 1.54) is 0 Å². The molecule has 0 radical (unpaired) electrons. The Morgan fingerprint density at radius 1 is 0.929 bits per heavy atom. The zero-order valence-electron chi connectivity index (χ0n) is 16.6. The average Bonchev–Trinajstić information content (AvgIpc) is 2.74. The van der Waals surface area contributed by atoms with Gasteiger partial charge in [0.1, 0.15) is 0 Å². The Bertz CT molecular complexity index is 676. The average molecular weight is 403 g/mol. The number of halogens is 1. The number of aliphatic hydroxyl groups excluding tert-OH is 1. The van der Waals surface area contributed by atoms with Crippen LogP contribution in [0.1, 0.15) is 30.9 Å². The molecule has 0 bridgehead atoms. The maximum atomic E-state index is 13.9. The topological polar surface area (TPSA) is 43.8 Å². The van der Waals surface area contributed by atoms with Crippen LogP contribution in [0.25, 0.3) is 0 Å². The zero-order valence-corrected chi connectivity index (χ0v) is 17.4. The molecule has 0 unspecified atom stereocenters. The van der Waals surface area contributed by atoms with Gasteiger partial charge in [-0.2, -0.15) is 0 Å². The molecule has 1 fully saturated rings. The molecule has 4 nitrogen and oxygen atoms in total. The molecule has 0 saturated carbocycles. The summed E-state index contributed by atoms with van der Waals surface area (Å²) in [6.45, 7) is 6.05. The fourth-order valence-corrected chi connectivity index (χ4v) is 4.22. The first-order valence-corrected chi connectivity index (χ1v) is 9.96. The van der Waals surface area contributed by atoms with Crippen molar-refractivity contribution in [3.05, 3.63) is 71.8 Å². The lowest BCUT2D eigenvalue weighted by atomic mass is 9.70. The van der Waals surface area contributed by atoms with Crippen molar-refractivity contribution in [3.63, 3.8) is 0 Å². The fraction of sp³-hybridized carbons (Fsp3) is 0.435. The molecule has 2 aromatic carbocycles. The summed E-state index contributed by atoms with van der Waals surface area (Å²) in [5, 5.41) is 9.17. The molecule has 2 aromatic rings. The van der Waals surface area contributed by atoms with Crippen LogP contribution < -0.4 is 0 Å². The van der Waals surface area contributed by atoms with Crippen molar-refractivity contribution in [3.8, 4) is 0 Å². The van der Waals surface area contributed by atoms with Gasteiger partial charge in [0.05, 0.1) is 12.0 Å². The number of β-amino-alcohol motifs (C(OH)–C–C–N with tert-alkyl or cyclic N) is 1. The number of hydrogen-bond acceptors (Lipinski definition) is 3. The van der Waals surface area contributed by atoms with Crippen molar-refractivity contribution in [2.45, 2.75) is 25.2 Å². The third-order valence-corrected chi connectivity index (χ3v) is 5.60. The standard InChI is InChI=1S/C23H30N2O2.ClH/c1-2-13-23(20-9-5-3-6-10-20,21-11-7-4-8-12-21)22(27)25-16-14-24(15-17-25)18-19-26;/h3-12,26H,2,13-19H2,1H3;1H. The highest BCUT2D eigenvalue weighted by atomic mass is 35.5. The van der Waals surface area contributed by atoms with Crippen molar-refractivity contribution >= 4 is 18.3 Å². The molecule has 0 atom stereocenters. The summed E-state index contributed by atoms with van der Waals surface area (Å²) in [4.78, 5) is 18.2. The van der Waals surface area contributed by atoms with Gasteiger partial charge in [-0.15, -0.1) is 12.4 Å². The molecule has 1 aliphatic heterocycles. The first-order chi connectivity index (χ1) is 13.2. The SMILES string of the molecule is CCCC(C(=O)N1CCN(CCO)CC1)(c1ccccc1)c1ccccc1.Cl. The van der Waals surface area contributed by atoms with Gasteiger partial charge in [-0.05, 0) is 17.5 Å². The summed E-state index contributed by atoms with van der Waals surface area (Å²) in [5.74, 6) is 0.199. The van der Waals surface area contributed by atoms with Gasteiger partial charge in [0, 0.05) is 32.7 Å². The highest BCUT2D eigenvalue weighted by Gasteiger charge is 2.44. The number of hydrogen-bond donors (Lipinski definition) is 1. The Kier molecular flexibility index (Phi) is 8.49. The summed E-state index contributed by atoms with van der Waals surface area (Å²) in [5.41, 5.74) is 1.50. The van der Waals surface area contributed by atoms with E-state index >= 15 is 0 Å². The third kappa shape index (κ3) is 4.57. The van der Waals surface area contributed by atoms with Crippen LogP contribution in [-0.2, 0) is 10.2 Å². The van der Waals surface area contributed by atoms with Crippen LogP contribution in [0.15, 0.2) is 60.7 Å². The smallest absolute Gasteiger partial charge is 0.237 e. The molecule has 28 heavy (non-hydrogen) atoms. The van der Waals surface area contributed by atoms with Gasteiger partial charge in [0.2, 0.25) is 5.91 Å². The highest BCUT2D eigenvalue weighted by molar-refractivity contribution is 5.92. The van der Waals surface area contributed by atoms with Crippen molar-refractivity contribution in [2.24, 2.45) is 0 Å². The predicted molar refractivity (Wildman–Crippen MR) is 116 cm³/mol. The zero-order chi connectivity index (χ0) is 19.1. The van der Waals surface area contributed by atoms with Crippen LogP contribution in [0.4, 0.5) is 0 Å². The van der Waals surface area contributed by atoms with Crippen molar-refractivity contribution < 1.29 is 9.90 Å². The lowest BCUT2D eigenvalue weighted by Gasteiger charge is -2.42. The molecule has 1 aliphatic rings. The van der Waals surface area contributed by atoms with E-state index in [0.717, 1.165) is 37.1 Å². The summed E-state index contributed by atoms with van der Waals surface area (Å²) >= 11 is 0. The quantitative estimate of drug-likeness (QED) is 0.772. The maximum Gasteiger partial charge on any atom is 0.237 e. The van der Waals surface area contributed by atoms with Gasteiger partial charge in [-0.1, -0.05) is 74.0 Å². The maximum absolute atomic E-state index is 13.9. The van der Waals surface area contributed by atoms with Crippen LogP contribution >= 0.6 is 12.4 Å². The van der Waals surface area contributed by atoms with Gasteiger partial charge in [-0.25, -0.2) is 0 Å². The summed E-state index contributed by atoms with van der Waals surface area (Å²) in [6.07, 6.45) is 1.72. The second-order valence-corrected chi connectivity index (χ2v) is 7.24. The van der Waals surface area contributed by atoms with Gasteiger partial charge >= 0.3 is 0 Å². The summed E-state index contributed by atoms with van der Waals surface area (Å²) in [6, 6.07) is 20.4. The van der Waals surface area contributed by atoms with Gasteiger partial charge < -0.3 is 10.0 Å². The van der Waals surface area contributed by atoms with Crippen LogP contribution in [0.5, 0.6) is 0 Å².